The minimum absolute atomic E-state index is 0.0922. The molecule has 8 heteroatoms. The van der Waals surface area contributed by atoms with E-state index < -0.39 is 35.4 Å². The number of ether oxygens (including phenoxy) is 2. The van der Waals surface area contributed by atoms with E-state index >= 15 is 0 Å². The van der Waals surface area contributed by atoms with E-state index in [0.29, 0.717) is 6.42 Å². The van der Waals surface area contributed by atoms with Crippen LogP contribution in [0.15, 0.2) is 0 Å². The minimum atomic E-state index is -2.29. The van der Waals surface area contributed by atoms with Gasteiger partial charge in [0, 0.05) is 6.54 Å². The van der Waals surface area contributed by atoms with Crippen LogP contribution in [0.5, 0.6) is 0 Å². The second kappa shape index (κ2) is 4.69. The molecule has 2 aliphatic rings. The lowest BCUT2D eigenvalue weighted by Gasteiger charge is -2.48. The standard InChI is InChI=1S/C12H17FN2O5/c1-11(2,3)9(17)20-12-7(13)8(16)14-10(18)15(12)5-4-6-19-12/h7H,4-6H2,1-3H3,(H,14,16,18)/t7-,12?/m0/s1. The van der Waals surface area contributed by atoms with Crippen LogP contribution in [0.2, 0.25) is 0 Å². The van der Waals surface area contributed by atoms with Crippen molar-refractivity contribution in [3.05, 3.63) is 0 Å². The van der Waals surface area contributed by atoms with Gasteiger partial charge in [0.25, 0.3) is 12.1 Å². The molecule has 1 unspecified atom stereocenters. The fraction of sp³-hybridized carbons (Fsp3) is 0.750. The molecule has 0 aromatic carbocycles. The molecule has 2 atom stereocenters. The molecular weight excluding hydrogens is 271 g/mol. The maximum Gasteiger partial charge on any atom is 0.343 e. The molecule has 3 amide bonds. The van der Waals surface area contributed by atoms with Crippen LogP contribution in [0.25, 0.3) is 0 Å². The van der Waals surface area contributed by atoms with Gasteiger partial charge in [0.2, 0.25) is 0 Å². The van der Waals surface area contributed by atoms with E-state index in [0.717, 1.165) is 4.90 Å². The van der Waals surface area contributed by atoms with Crippen molar-refractivity contribution in [1.29, 1.82) is 0 Å². The summed E-state index contributed by atoms with van der Waals surface area (Å²) in [5.41, 5.74) is -0.919. The maximum atomic E-state index is 14.3. The van der Waals surface area contributed by atoms with Crippen molar-refractivity contribution >= 4 is 17.9 Å². The van der Waals surface area contributed by atoms with Crippen molar-refractivity contribution in [2.45, 2.75) is 39.3 Å². The lowest BCUT2D eigenvalue weighted by atomic mass is 9.97. The van der Waals surface area contributed by atoms with Crippen LogP contribution in [-0.2, 0) is 19.1 Å². The summed E-state index contributed by atoms with van der Waals surface area (Å²) in [6.07, 6.45) is -1.82. The van der Waals surface area contributed by atoms with Crippen LogP contribution in [0.3, 0.4) is 0 Å². The Morgan fingerprint density at radius 3 is 2.75 bits per heavy atom. The van der Waals surface area contributed by atoms with Crippen molar-refractivity contribution < 1.29 is 28.2 Å². The number of carbonyl (C=O) groups excluding carboxylic acids is 3. The number of fused-ring (bicyclic) bond motifs is 1. The van der Waals surface area contributed by atoms with Gasteiger partial charge >= 0.3 is 17.9 Å². The summed E-state index contributed by atoms with van der Waals surface area (Å²) < 4.78 is 24.6. The number of carbonyl (C=O) groups is 3. The van der Waals surface area contributed by atoms with E-state index in [4.69, 9.17) is 9.47 Å². The monoisotopic (exact) mass is 288 g/mol. The van der Waals surface area contributed by atoms with Crippen LogP contribution >= 0.6 is 0 Å². The summed E-state index contributed by atoms with van der Waals surface area (Å²) in [6.45, 7) is 4.97. The highest BCUT2D eigenvalue weighted by Crippen LogP contribution is 2.35. The fourth-order valence-electron chi connectivity index (χ4n) is 1.95. The number of nitrogens with zero attached hydrogens (tertiary/aromatic N) is 1. The average Bonchev–Trinajstić information content (AvgIpc) is 2.35. The van der Waals surface area contributed by atoms with Gasteiger partial charge in [-0.2, -0.15) is 0 Å². The number of hydrogen-bond acceptors (Lipinski definition) is 5. The summed E-state index contributed by atoms with van der Waals surface area (Å²) in [4.78, 5) is 36.2. The van der Waals surface area contributed by atoms with Crippen molar-refractivity contribution in [3.63, 3.8) is 0 Å². The molecule has 0 aliphatic carbocycles. The summed E-state index contributed by atoms with van der Waals surface area (Å²) >= 11 is 0. The van der Waals surface area contributed by atoms with Gasteiger partial charge in [-0.05, 0) is 27.2 Å². The number of hydrogen-bond donors (Lipinski definition) is 1. The van der Waals surface area contributed by atoms with Crippen LogP contribution in [-0.4, -0.2) is 48.0 Å². The van der Waals surface area contributed by atoms with Gasteiger partial charge in [-0.1, -0.05) is 0 Å². The van der Waals surface area contributed by atoms with Gasteiger partial charge in [0.1, 0.15) is 0 Å². The fourth-order valence-corrected chi connectivity index (χ4v) is 1.95. The van der Waals surface area contributed by atoms with Crippen LogP contribution < -0.4 is 5.32 Å². The summed E-state index contributed by atoms with van der Waals surface area (Å²) in [7, 11) is 0. The first kappa shape index (κ1) is 14.7. The third-order valence-electron chi connectivity index (χ3n) is 3.09. The molecule has 2 saturated heterocycles. The Morgan fingerprint density at radius 2 is 2.15 bits per heavy atom. The van der Waals surface area contributed by atoms with Gasteiger partial charge in [-0.3, -0.25) is 19.8 Å². The number of rotatable bonds is 1. The third kappa shape index (κ3) is 2.24. The smallest absolute Gasteiger partial charge is 0.343 e. The largest absolute Gasteiger partial charge is 0.410 e. The van der Waals surface area contributed by atoms with E-state index in [1.807, 2.05) is 5.32 Å². The molecular formula is C12H17FN2O5. The minimum Gasteiger partial charge on any atom is -0.410 e. The number of urea groups is 1. The molecule has 112 valence electrons. The molecule has 7 nitrogen and oxygen atoms in total. The Kier molecular flexibility index (Phi) is 3.45. The predicted molar refractivity (Wildman–Crippen MR) is 64.0 cm³/mol. The maximum absolute atomic E-state index is 14.3. The second-order valence-electron chi connectivity index (χ2n) is 5.78. The number of halogens is 1. The molecule has 20 heavy (non-hydrogen) atoms. The Balaban J connectivity index is 2.36. The van der Waals surface area contributed by atoms with E-state index in [-0.39, 0.29) is 13.2 Å². The normalized spacial score (nSPS) is 30.6. The van der Waals surface area contributed by atoms with Crippen molar-refractivity contribution in [1.82, 2.24) is 10.2 Å². The van der Waals surface area contributed by atoms with Crippen molar-refractivity contribution in [2.75, 3.05) is 13.2 Å². The molecule has 2 fully saturated rings. The molecule has 2 rings (SSSR count). The summed E-state index contributed by atoms with van der Waals surface area (Å²) in [5, 5.41) is 1.87. The molecule has 0 aromatic rings. The summed E-state index contributed by atoms with van der Waals surface area (Å²) in [5.74, 6) is -4.22. The highest BCUT2D eigenvalue weighted by Gasteiger charge is 2.61. The molecule has 2 aliphatic heterocycles. The van der Waals surface area contributed by atoms with Crippen LogP contribution in [0.1, 0.15) is 27.2 Å². The van der Waals surface area contributed by atoms with E-state index in [1.165, 1.54) is 0 Å². The van der Waals surface area contributed by atoms with E-state index in [2.05, 4.69) is 0 Å². The lowest BCUT2D eigenvalue weighted by molar-refractivity contribution is -0.330. The average molecular weight is 288 g/mol. The predicted octanol–water partition coefficient (Wildman–Crippen LogP) is 0.540. The molecule has 2 heterocycles. The molecule has 0 radical (unpaired) electrons. The first-order chi connectivity index (χ1) is 9.18. The van der Waals surface area contributed by atoms with Crippen LogP contribution in [0, 0.1) is 5.41 Å². The van der Waals surface area contributed by atoms with Gasteiger partial charge in [-0.25, -0.2) is 9.18 Å². The molecule has 0 spiro atoms. The molecule has 0 bridgehead atoms. The quantitative estimate of drug-likeness (QED) is 0.712. The van der Waals surface area contributed by atoms with E-state index in [9.17, 15) is 18.8 Å². The highest BCUT2D eigenvalue weighted by atomic mass is 19.1. The second-order valence-corrected chi connectivity index (χ2v) is 5.78. The van der Waals surface area contributed by atoms with Gasteiger partial charge < -0.3 is 9.47 Å². The number of nitrogens with one attached hydrogen (secondary N) is 1. The zero-order valence-electron chi connectivity index (χ0n) is 11.6. The van der Waals surface area contributed by atoms with E-state index in [1.54, 1.807) is 20.8 Å². The van der Waals surface area contributed by atoms with Crippen LogP contribution in [0.4, 0.5) is 9.18 Å². The van der Waals surface area contributed by atoms with Gasteiger partial charge in [0.15, 0.2) is 0 Å². The Bertz CT molecular complexity index is 461. The zero-order chi connectivity index (χ0) is 15.1. The van der Waals surface area contributed by atoms with Crippen molar-refractivity contribution in [3.8, 4) is 0 Å². The molecule has 0 saturated carbocycles. The molecule has 0 aromatic heterocycles. The summed E-state index contributed by atoms with van der Waals surface area (Å²) in [6, 6.07) is -0.828. The number of alkyl halides is 1. The Morgan fingerprint density at radius 1 is 1.50 bits per heavy atom. The Hall–Kier alpha value is -1.70. The van der Waals surface area contributed by atoms with Crippen molar-refractivity contribution in [2.24, 2.45) is 5.41 Å². The van der Waals surface area contributed by atoms with Gasteiger partial charge in [-0.15, -0.1) is 0 Å². The number of imide groups is 1. The third-order valence-corrected chi connectivity index (χ3v) is 3.09. The number of esters is 1. The topological polar surface area (TPSA) is 84.9 Å². The SMILES string of the molecule is CC(C)(C)C(=O)OC12OCCCN1C(=O)NC(=O)[C@@H]2F. The lowest BCUT2D eigenvalue weighted by Crippen LogP contribution is -2.74. The van der Waals surface area contributed by atoms with Gasteiger partial charge in [0.05, 0.1) is 12.0 Å². The zero-order valence-corrected chi connectivity index (χ0v) is 11.6. The first-order valence-corrected chi connectivity index (χ1v) is 6.32. The first-order valence-electron chi connectivity index (χ1n) is 6.32. The Labute approximate surface area is 115 Å². The molecule has 1 N–H and O–H groups in total. The number of amides is 3. The highest BCUT2D eigenvalue weighted by molar-refractivity contribution is 6.00.